The van der Waals surface area contributed by atoms with Gasteiger partial charge in [-0.1, -0.05) is 12.1 Å². The number of benzene rings is 2. The van der Waals surface area contributed by atoms with Gasteiger partial charge in [-0.05, 0) is 65.4 Å². The molecule has 0 saturated carbocycles. The van der Waals surface area contributed by atoms with E-state index in [9.17, 15) is 17.6 Å². The maximum Gasteiger partial charge on any atom is 0.358 e. The molecule has 3 aromatic rings. The number of halogens is 4. The van der Waals surface area contributed by atoms with Crippen molar-refractivity contribution in [3.05, 3.63) is 54.6 Å². The van der Waals surface area contributed by atoms with Gasteiger partial charge in [-0.25, -0.2) is 8.78 Å². The normalized spacial score (nSPS) is 11.7. The van der Waals surface area contributed by atoms with Gasteiger partial charge in [0.2, 0.25) is 0 Å². The van der Waals surface area contributed by atoms with E-state index in [0.717, 1.165) is 22.5 Å². The van der Waals surface area contributed by atoms with E-state index in [-0.39, 0.29) is 16.0 Å². The van der Waals surface area contributed by atoms with Crippen LogP contribution in [-0.4, -0.2) is 25.9 Å². The number of methoxy groups -OCH3 is 2. The lowest BCUT2D eigenvalue weighted by atomic mass is 10.0. The monoisotopic (exact) mass is 428 g/mol. The molecule has 28 heavy (non-hydrogen) atoms. The second-order valence-corrected chi connectivity index (χ2v) is 8.23. The first-order valence-electron chi connectivity index (χ1n) is 8.11. The maximum atomic E-state index is 13.6. The third kappa shape index (κ3) is 4.44. The predicted molar refractivity (Wildman–Crippen MR) is 105 cm³/mol. The first-order valence-corrected chi connectivity index (χ1v) is 9.75. The molecule has 3 rings (SSSR count). The highest BCUT2D eigenvalue weighted by Crippen LogP contribution is 2.49. The first-order chi connectivity index (χ1) is 13.3. The van der Waals surface area contributed by atoms with Crippen LogP contribution in [0.5, 0.6) is 11.5 Å². The molecule has 8 heteroatoms. The maximum absolute atomic E-state index is 13.6. The van der Waals surface area contributed by atoms with E-state index >= 15 is 0 Å². The van der Waals surface area contributed by atoms with Crippen LogP contribution in [0.3, 0.4) is 0 Å². The Hall–Kier alpha value is -2.19. The summed E-state index contributed by atoms with van der Waals surface area (Å²) in [7, 11) is 3.09. The molecule has 0 N–H and O–H groups in total. The molecule has 0 amide bonds. The minimum atomic E-state index is -4.15. The molecule has 1 heterocycles. The van der Waals surface area contributed by atoms with Gasteiger partial charge in [-0.3, -0.25) is 0 Å². The molecular formula is C20H16F4O2S2. The van der Waals surface area contributed by atoms with Gasteiger partial charge in [-0.15, -0.1) is 11.3 Å². The number of thiophene rings is 1. The lowest BCUT2D eigenvalue weighted by molar-refractivity contribution is -0.0562. The van der Waals surface area contributed by atoms with E-state index in [1.54, 1.807) is 62.8 Å². The standard InChI is InChI=1S/C20H16F4O2S2/c1-25-14-7-3-12(4-8-14)16-11-17(28-20(23,24)19(21)22)27-18(16)13-5-9-15(26-2)10-6-13/h3-11,19H,1-2H3. The first kappa shape index (κ1) is 20.5. The van der Waals surface area contributed by atoms with Crippen LogP contribution in [0, 0.1) is 0 Å². The number of ether oxygens (including phenoxy) is 2. The third-order valence-corrected chi connectivity index (χ3v) is 6.20. The molecule has 0 fully saturated rings. The van der Waals surface area contributed by atoms with Crippen LogP contribution in [-0.2, 0) is 0 Å². The summed E-state index contributed by atoms with van der Waals surface area (Å²) in [5.74, 6) is 1.31. The fraction of sp³-hybridized carbons (Fsp3) is 0.200. The van der Waals surface area contributed by atoms with E-state index in [2.05, 4.69) is 0 Å². The Morgan fingerprint density at radius 1 is 0.857 bits per heavy atom. The van der Waals surface area contributed by atoms with Crippen LogP contribution in [0.2, 0.25) is 0 Å². The highest BCUT2D eigenvalue weighted by atomic mass is 32.2. The molecule has 148 valence electrons. The Bertz CT molecular complexity index is 857. The van der Waals surface area contributed by atoms with Gasteiger partial charge in [0.15, 0.2) is 0 Å². The van der Waals surface area contributed by atoms with Crippen molar-refractivity contribution >= 4 is 23.1 Å². The van der Waals surface area contributed by atoms with E-state index < -0.39 is 11.7 Å². The predicted octanol–water partition coefficient (Wildman–Crippen LogP) is 7.05. The van der Waals surface area contributed by atoms with Crippen molar-refractivity contribution in [2.45, 2.75) is 15.9 Å². The highest BCUT2D eigenvalue weighted by Gasteiger charge is 2.42. The molecule has 0 aliphatic carbocycles. The fourth-order valence-electron chi connectivity index (χ4n) is 2.54. The van der Waals surface area contributed by atoms with Crippen LogP contribution < -0.4 is 9.47 Å². The minimum absolute atomic E-state index is 0.113. The van der Waals surface area contributed by atoms with Crippen molar-refractivity contribution < 1.29 is 27.0 Å². The number of hydrogen-bond acceptors (Lipinski definition) is 4. The molecule has 0 aliphatic heterocycles. The average Bonchev–Trinajstić information content (AvgIpc) is 3.11. The summed E-state index contributed by atoms with van der Waals surface area (Å²) >= 11 is 0.932. The van der Waals surface area contributed by atoms with Crippen molar-refractivity contribution in [1.82, 2.24) is 0 Å². The van der Waals surface area contributed by atoms with E-state index in [1.165, 1.54) is 6.07 Å². The molecule has 0 atom stereocenters. The number of alkyl halides is 4. The quantitative estimate of drug-likeness (QED) is 0.297. The largest absolute Gasteiger partial charge is 0.497 e. The summed E-state index contributed by atoms with van der Waals surface area (Å²) in [5, 5.41) is -4.15. The topological polar surface area (TPSA) is 18.5 Å². The van der Waals surface area contributed by atoms with E-state index in [1.807, 2.05) is 0 Å². The lowest BCUT2D eigenvalue weighted by Crippen LogP contribution is -2.21. The number of thioether (sulfide) groups is 1. The lowest BCUT2D eigenvalue weighted by Gasteiger charge is -2.12. The molecular weight excluding hydrogens is 412 g/mol. The van der Waals surface area contributed by atoms with Gasteiger partial charge in [-0.2, -0.15) is 8.78 Å². The van der Waals surface area contributed by atoms with Crippen molar-refractivity contribution in [3.63, 3.8) is 0 Å². The van der Waals surface area contributed by atoms with Crippen LogP contribution in [0.25, 0.3) is 21.6 Å². The zero-order chi connectivity index (χ0) is 20.3. The average molecular weight is 428 g/mol. The van der Waals surface area contributed by atoms with Gasteiger partial charge in [0.1, 0.15) is 11.5 Å². The van der Waals surface area contributed by atoms with Gasteiger partial charge < -0.3 is 9.47 Å². The summed E-state index contributed by atoms with van der Waals surface area (Å²) in [6.45, 7) is 0. The molecule has 0 aliphatic rings. The van der Waals surface area contributed by atoms with Crippen LogP contribution in [0.1, 0.15) is 0 Å². The molecule has 2 nitrogen and oxygen atoms in total. The molecule has 0 saturated heterocycles. The van der Waals surface area contributed by atoms with Gasteiger partial charge >= 0.3 is 11.7 Å². The zero-order valence-electron chi connectivity index (χ0n) is 14.9. The van der Waals surface area contributed by atoms with Crippen LogP contribution >= 0.6 is 23.1 Å². The summed E-state index contributed by atoms with van der Waals surface area (Å²) < 4.78 is 62.8. The Labute approximate surface area is 168 Å². The Morgan fingerprint density at radius 2 is 1.36 bits per heavy atom. The second kappa shape index (κ2) is 8.45. The fourth-order valence-corrected chi connectivity index (χ4v) is 4.74. The van der Waals surface area contributed by atoms with Gasteiger partial charge in [0.05, 0.1) is 18.4 Å². The van der Waals surface area contributed by atoms with Crippen molar-refractivity contribution in [2.75, 3.05) is 14.2 Å². The molecule has 0 bridgehead atoms. The highest BCUT2D eigenvalue weighted by molar-refractivity contribution is 8.02. The Balaban J connectivity index is 2.06. The Kier molecular flexibility index (Phi) is 6.20. The smallest absolute Gasteiger partial charge is 0.358 e. The van der Waals surface area contributed by atoms with E-state index in [0.29, 0.717) is 21.9 Å². The number of rotatable bonds is 7. The summed E-state index contributed by atoms with van der Waals surface area (Å²) in [5.41, 5.74) is 2.24. The van der Waals surface area contributed by atoms with Crippen molar-refractivity contribution in [3.8, 4) is 33.1 Å². The molecule has 0 spiro atoms. The Morgan fingerprint density at radius 3 is 1.82 bits per heavy atom. The summed E-state index contributed by atoms with van der Waals surface area (Å²) in [4.78, 5) is 0.709. The summed E-state index contributed by atoms with van der Waals surface area (Å²) in [6, 6.07) is 15.8. The summed E-state index contributed by atoms with van der Waals surface area (Å²) in [6.07, 6.45) is -3.74. The van der Waals surface area contributed by atoms with Crippen LogP contribution in [0.15, 0.2) is 58.8 Å². The molecule has 2 aromatic carbocycles. The third-order valence-electron chi connectivity index (χ3n) is 3.95. The van der Waals surface area contributed by atoms with Crippen molar-refractivity contribution in [1.29, 1.82) is 0 Å². The second-order valence-electron chi connectivity index (χ2n) is 5.73. The number of hydrogen-bond donors (Lipinski definition) is 0. The van der Waals surface area contributed by atoms with Gasteiger partial charge in [0.25, 0.3) is 0 Å². The molecule has 1 aromatic heterocycles. The van der Waals surface area contributed by atoms with E-state index in [4.69, 9.17) is 9.47 Å². The molecule has 0 radical (unpaired) electrons. The SMILES string of the molecule is COc1ccc(-c2cc(SC(F)(F)C(F)F)sc2-c2ccc(OC)cc2)cc1. The molecule has 0 unspecified atom stereocenters. The van der Waals surface area contributed by atoms with Crippen molar-refractivity contribution in [2.24, 2.45) is 0 Å². The minimum Gasteiger partial charge on any atom is -0.497 e. The van der Waals surface area contributed by atoms with Gasteiger partial charge in [0, 0.05) is 10.4 Å². The zero-order valence-corrected chi connectivity index (χ0v) is 16.6. The van der Waals surface area contributed by atoms with Crippen LogP contribution in [0.4, 0.5) is 17.6 Å².